The number of rotatable bonds is 11. The smallest absolute Gasteiger partial charge is 0.0556 e. The Morgan fingerprint density at radius 1 is 0.925 bits per heavy atom. The Morgan fingerprint density at radius 3 is 2.52 bits per heavy atom. The molecule has 0 bridgehead atoms. The first-order valence-electron chi connectivity index (χ1n) is 15.0. The van der Waals surface area contributed by atoms with Crippen molar-refractivity contribution in [2.24, 2.45) is 11.8 Å². The summed E-state index contributed by atoms with van der Waals surface area (Å²) < 4.78 is 0. The molecular formula is C39H43N. The Hall–Kier alpha value is -3.84. The molecule has 0 aromatic heterocycles. The van der Waals surface area contributed by atoms with Crippen LogP contribution in [0.3, 0.4) is 0 Å². The van der Waals surface area contributed by atoms with Crippen molar-refractivity contribution in [3.8, 4) is 0 Å². The molecule has 0 amide bonds. The Bertz CT molecular complexity index is 1320. The maximum atomic E-state index is 3.90. The first kappa shape index (κ1) is 27.7. The van der Waals surface area contributed by atoms with Crippen LogP contribution in [0.25, 0.3) is 0 Å². The molecule has 4 aliphatic carbocycles. The third kappa shape index (κ3) is 6.83. The fraction of sp³-hybridized carbons (Fsp3) is 0.282. The van der Waals surface area contributed by atoms with Gasteiger partial charge in [0.05, 0.1) is 6.04 Å². The first-order chi connectivity index (χ1) is 19.8. The van der Waals surface area contributed by atoms with Crippen LogP contribution >= 0.6 is 0 Å². The van der Waals surface area contributed by atoms with Crippen molar-refractivity contribution in [3.63, 3.8) is 0 Å². The van der Waals surface area contributed by atoms with Gasteiger partial charge in [-0.3, -0.25) is 0 Å². The minimum Gasteiger partial charge on any atom is -0.338 e. The van der Waals surface area contributed by atoms with Gasteiger partial charge in [-0.05, 0) is 80.6 Å². The topological polar surface area (TPSA) is 3.24 Å². The molecule has 1 aromatic carbocycles. The molecule has 1 aromatic rings. The van der Waals surface area contributed by atoms with Crippen molar-refractivity contribution < 1.29 is 0 Å². The van der Waals surface area contributed by atoms with Gasteiger partial charge >= 0.3 is 0 Å². The molecule has 1 heteroatoms. The maximum Gasteiger partial charge on any atom is 0.0556 e. The maximum absolute atomic E-state index is 3.90. The van der Waals surface area contributed by atoms with E-state index in [4.69, 9.17) is 0 Å². The van der Waals surface area contributed by atoms with Crippen molar-refractivity contribution in [1.82, 2.24) is 0 Å². The van der Waals surface area contributed by atoms with Crippen LogP contribution in [0.15, 0.2) is 158 Å². The second kappa shape index (κ2) is 14.0. The highest BCUT2D eigenvalue weighted by Gasteiger charge is 2.28. The molecule has 204 valence electrons. The van der Waals surface area contributed by atoms with E-state index in [1.807, 2.05) is 12.2 Å². The highest BCUT2D eigenvalue weighted by molar-refractivity contribution is 5.57. The van der Waals surface area contributed by atoms with Crippen LogP contribution < -0.4 is 4.90 Å². The lowest BCUT2D eigenvalue weighted by atomic mass is 9.73. The Kier molecular flexibility index (Phi) is 9.69. The van der Waals surface area contributed by atoms with Crippen molar-refractivity contribution in [1.29, 1.82) is 0 Å². The van der Waals surface area contributed by atoms with Gasteiger partial charge in [-0.2, -0.15) is 0 Å². The Balaban J connectivity index is 1.45. The quantitative estimate of drug-likeness (QED) is 0.205. The van der Waals surface area contributed by atoms with Crippen LogP contribution in [0.1, 0.15) is 56.4 Å². The predicted octanol–water partition coefficient (Wildman–Crippen LogP) is 10.4. The summed E-state index contributed by atoms with van der Waals surface area (Å²) in [6.45, 7) is 7.77. The van der Waals surface area contributed by atoms with E-state index in [1.165, 1.54) is 28.1 Å². The van der Waals surface area contributed by atoms with Gasteiger partial charge in [0.25, 0.3) is 0 Å². The lowest BCUT2D eigenvalue weighted by Crippen LogP contribution is -2.34. The Morgan fingerprint density at radius 2 is 1.82 bits per heavy atom. The second-order valence-electron chi connectivity index (χ2n) is 11.2. The van der Waals surface area contributed by atoms with Crippen molar-refractivity contribution in [3.05, 3.63) is 163 Å². The van der Waals surface area contributed by atoms with E-state index >= 15 is 0 Å². The molecule has 0 N–H and O–H groups in total. The monoisotopic (exact) mass is 525 g/mol. The van der Waals surface area contributed by atoms with Gasteiger partial charge in [0.1, 0.15) is 0 Å². The summed E-state index contributed by atoms with van der Waals surface area (Å²) in [4.78, 5) is 2.55. The second-order valence-corrected chi connectivity index (χ2v) is 11.2. The highest BCUT2D eigenvalue weighted by atomic mass is 15.2. The number of benzene rings is 1. The van der Waals surface area contributed by atoms with Crippen LogP contribution in [0.4, 0.5) is 5.69 Å². The zero-order chi connectivity index (χ0) is 27.6. The van der Waals surface area contributed by atoms with Crippen LogP contribution in [-0.2, 0) is 0 Å². The van der Waals surface area contributed by atoms with Crippen molar-refractivity contribution >= 4 is 5.69 Å². The van der Waals surface area contributed by atoms with Gasteiger partial charge in [0, 0.05) is 17.3 Å². The number of nitrogens with zero attached hydrogens (tertiary/aromatic N) is 1. The van der Waals surface area contributed by atoms with Crippen LogP contribution in [-0.4, -0.2) is 6.04 Å². The van der Waals surface area contributed by atoms with E-state index in [-0.39, 0.29) is 0 Å². The average molecular weight is 526 g/mol. The summed E-state index contributed by atoms with van der Waals surface area (Å²) in [5.74, 6) is 1.22. The lowest BCUT2D eigenvalue weighted by Gasteiger charge is -2.36. The summed E-state index contributed by atoms with van der Waals surface area (Å²) in [5.41, 5.74) is 7.05. The summed E-state index contributed by atoms with van der Waals surface area (Å²) >= 11 is 0. The van der Waals surface area contributed by atoms with Gasteiger partial charge in [0.2, 0.25) is 0 Å². The molecular weight excluding hydrogens is 482 g/mol. The van der Waals surface area contributed by atoms with Gasteiger partial charge in [-0.1, -0.05) is 127 Å². The number of hydrogen-bond acceptors (Lipinski definition) is 1. The zero-order valence-corrected chi connectivity index (χ0v) is 23.7. The van der Waals surface area contributed by atoms with Crippen LogP contribution in [0, 0.1) is 11.8 Å². The largest absolute Gasteiger partial charge is 0.338 e. The van der Waals surface area contributed by atoms with E-state index in [9.17, 15) is 0 Å². The summed E-state index contributed by atoms with van der Waals surface area (Å²) in [6, 6.07) is 9.87. The highest BCUT2D eigenvalue weighted by Crippen LogP contribution is 2.42. The fourth-order valence-electron chi connectivity index (χ4n) is 6.40. The number of anilines is 1. The average Bonchev–Trinajstić information content (AvgIpc) is 3.02. The normalized spacial score (nSPS) is 24.4. The van der Waals surface area contributed by atoms with Gasteiger partial charge in [0.15, 0.2) is 0 Å². The molecule has 40 heavy (non-hydrogen) atoms. The van der Waals surface area contributed by atoms with E-state index in [2.05, 4.69) is 133 Å². The first-order valence-corrected chi connectivity index (χ1v) is 15.0. The van der Waals surface area contributed by atoms with E-state index in [0.29, 0.717) is 23.8 Å². The van der Waals surface area contributed by atoms with Gasteiger partial charge in [-0.15, -0.1) is 6.58 Å². The molecule has 0 aliphatic heterocycles. The van der Waals surface area contributed by atoms with Crippen molar-refractivity contribution in [2.75, 3.05) is 4.90 Å². The lowest BCUT2D eigenvalue weighted by molar-refractivity contribution is 0.533. The van der Waals surface area contributed by atoms with E-state index in [1.54, 1.807) is 0 Å². The summed E-state index contributed by atoms with van der Waals surface area (Å²) in [7, 11) is 0. The van der Waals surface area contributed by atoms with E-state index in [0.717, 1.165) is 44.9 Å². The van der Waals surface area contributed by atoms with Gasteiger partial charge in [-0.25, -0.2) is 0 Å². The predicted molar refractivity (Wildman–Crippen MR) is 174 cm³/mol. The molecule has 4 unspecified atom stereocenters. The van der Waals surface area contributed by atoms with Crippen LogP contribution in [0.5, 0.6) is 0 Å². The standard InChI is InChI=1S/C39H43N/c1-3-5-14-31-22-24-33(25-23-31)39(35-17-13-16-32(30-35)15-6-4-2)34-26-28-38(29-27-34)40(36-18-9-7-10-19-36)37-20-11-8-12-21-37/h3-4,6-11,13,15-18,20,22-24,26-29,32-33,36,39H,1-2,5,12,14,19,21,25,30H2/b15-6-. The third-order valence-corrected chi connectivity index (χ3v) is 8.43. The molecule has 1 nitrogen and oxygen atoms in total. The molecule has 4 aliphatic rings. The molecule has 0 spiro atoms. The van der Waals surface area contributed by atoms with Crippen LogP contribution in [0.2, 0.25) is 0 Å². The van der Waals surface area contributed by atoms with Gasteiger partial charge < -0.3 is 4.90 Å². The molecule has 0 heterocycles. The molecule has 0 radical (unpaired) electrons. The van der Waals surface area contributed by atoms with Crippen molar-refractivity contribution in [2.45, 2.75) is 56.9 Å². The Labute approximate surface area is 242 Å². The molecule has 5 rings (SSSR count). The minimum atomic E-state index is 0.355. The van der Waals surface area contributed by atoms with E-state index < -0.39 is 0 Å². The number of hydrogen-bond donors (Lipinski definition) is 0. The fourth-order valence-corrected chi connectivity index (χ4v) is 6.40. The summed E-state index contributed by atoms with van der Waals surface area (Å²) in [5, 5.41) is 0. The molecule has 0 saturated carbocycles. The third-order valence-electron chi connectivity index (χ3n) is 8.43. The summed E-state index contributed by atoms with van der Waals surface area (Å²) in [6.07, 6.45) is 45.7. The zero-order valence-electron chi connectivity index (χ0n) is 23.7. The SMILES string of the molecule is C=C/C=C\C1C=CC=C(C(c2ccc(N(C3=CC=CCC3)C3C=CC=CC3)cc2)C2C=CC(CCC=C)=CC2)C1. The molecule has 0 saturated heterocycles. The minimum absolute atomic E-state index is 0.355. The number of allylic oxidation sites excluding steroid dienone is 18. The molecule has 0 fully saturated rings. The molecule has 4 atom stereocenters.